The first-order valence-corrected chi connectivity index (χ1v) is 9.53. The summed E-state index contributed by atoms with van der Waals surface area (Å²) in [4.78, 5) is 11.9. The lowest BCUT2D eigenvalue weighted by atomic mass is 9.94. The van der Waals surface area contributed by atoms with Crippen LogP contribution in [0.4, 0.5) is 0 Å². The molecule has 0 aliphatic carbocycles. The van der Waals surface area contributed by atoms with Crippen LogP contribution in [-0.2, 0) is 24.3 Å². The first-order chi connectivity index (χ1) is 12.0. The number of hydrogen-bond donors (Lipinski definition) is 2. The number of nitrogens with zero attached hydrogens (tertiary/aromatic N) is 4. The van der Waals surface area contributed by atoms with E-state index >= 15 is 0 Å². The van der Waals surface area contributed by atoms with Gasteiger partial charge in [-0.05, 0) is 26.3 Å². The number of aliphatic hydroxyl groups excluding tert-OH is 1. The minimum Gasteiger partial charge on any atom is -0.396 e. The molecule has 0 atom stereocenters. The van der Waals surface area contributed by atoms with Crippen molar-refractivity contribution in [1.29, 1.82) is 0 Å². The summed E-state index contributed by atoms with van der Waals surface area (Å²) in [6, 6.07) is 0. The van der Waals surface area contributed by atoms with Crippen LogP contribution in [0.3, 0.4) is 0 Å². The number of rotatable bonds is 5. The maximum Gasteiger partial charge on any atom is 0.206 e. The largest absolute Gasteiger partial charge is 0.396 e. The molecule has 0 aromatic carbocycles. The summed E-state index contributed by atoms with van der Waals surface area (Å²) in [5.41, 5.74) is 2.06. The van der Waals surface area contributed by atoms with E-state index in [-0.39, 0.29) is 12.2 Å². The van der Waals surface area contributed by atoms with Gasteiger partial charge in [-0.2, -0.15) is 4.52 Å². The lowest BCUT2D eigenvalue weighted by Gasteiger charge is -2.30. The number of aliphatic hydroxyl groups is 1. The second-order valence-corrected chi connectivity index (χ2v) is 8.27. The zero-order valence-corrected chi connectivity index (χ0v) is 15.7. The first-order valence-electron chi connectivity index (χ1n) is 8.71. The van der Waals surface area contributed by atoms with E-state index in [0.717, 1.165) is 46.9 Å². The van der Waals surface area contributed by atoms with Crippen molar-refractivity contribution in [1.82, 2.24) is 19.6 Å². The molecular weight excluding hydrogens is 338 g/mol. The van der Waals surface area contributed by atoms with Crippen molar-refractivity contribution in [3.8, 4) is 0 Å². The summed E-state index contributed by atoms with van der Waals surface area (Å²) in [5.74, 6) is 1.66. The van der Waals surface area contributed by atoms with Gasteiger partial charge in [-0.1, -0.05) is 0 Å². The molecule has 0 unspecified atom stereocenters. The van der Waals surface area contributed by atoms with Gasteiger partial charge in [0.25, 0.3) is 0 Å². The van der Waals surface area contributed by atoms with E-state index in [9.17, 15) is 0 Å². The monoisotopic (exact) mass is 362 g/mol. The number of thiophene rings is 1. The molecule has 3 aromatic rings. The van der Waals surface area contributed by atoms with Crippen LogP contribution in [0.1, 0.15) is 42.4 Å². The molecule has 0 saturated carbocycles. The van der Waals surface area contributed by atoms with Crippen LogP contribution in [-0.4, -0.2) is 43.4 Å². The van der Waals surface area contributed by atoms with Crippen molar-refractivity contribution in [3.05, 3.63) is 22.1 Å². The van der Waals surface area contributed by atoms with Gasteiger partial charge < -0.3 is 15.2 Å². The Morgan fingerprint density at radius 1 is 1.36 bits per heavy atom. The predicted octanol–water partition coefficient (Wildman–Crippen LogP) is 0.945. The predicted molar refractivity (Wildman–Crippen MR) is 95.7 cm³/mol. The summed E-state index contributed by atoms with van der Waals surface area (Å²) in [6.07, 6.45) is 1.65. The Morgan fingerprint density at radius 3 is 3.00 bits per heavy atom. The third-order valence-electron chi connectivity index (χ3n) is 4.61. The Morgan fingerprint density at radius 2 is 2.20 bits per heavy atom. The van der Waals surface area contributed by atoms with Gasteiger partial charge in [0.15, 0.2) is 5.65 Å². The minimum absolute atomic E-state index is 0.163. The average molecular weight is 362 g/mol. The molecule has 0 fully saturated rings. The Kier molecular flexibility index (Phi) is 4.23. The first kappa shape index (κ1) is 16.8. The highest BCUT2D eigenvalue weighted by molar-refractivity contribution is 7.19. The zero-order chi connectivity index (χ0) is 17.6. The van der Waals surface area contributed by atoms with Crippen molar-refractivity contribution in [3.63, 3.8) is 0 Å². The molecule has 0 saturated heterocycles. The highest BCUT2D eigenvalue weighted by Crippen LogP contribution is 2.39. The number of aryl methyl sites for hydroxylation is 1. The molecular formula is C17H24N5O2S+. The van der Waals surface area contributed by atoms with Gasteiger partial charge in [0.2, 0.25) is 5.82 Å². The van der Waals surface area contributed by atoms with E-state index in [1.807, 2.05) is 11.4 Å². The highest BCUT2D eigenvalue weighted by atomic mass is 32.1. The molecule has 3 aromatic heterocycles. The van der Waals surface area contributed by atoms with Crippen LogP contribution < -0.4 is 5.32 Å². The van der Waals surface area contributed by atoms with Gasteiger partial charge in [0.1, 0.15) is 17.2 Å². The lowest BCUT2D eigenvalue weighted by Crippen LogP contribution is -2.82. The summed E-state index contributed by atoms with van der Waals surface area (Å²) < 4.78 is 7.83. The minimum atomic E-state index is -0.163. The Bertz CT molecular complexity index is 930. The second-order valence-electron chi connectivity index (χ2n) is 7.19. The number of ether oxygens (including phenoxy) is 1. The Hall–Kier alpha value is -1.61. The third-order valence-corrected chi connectivity index (χ3v) is 5.71. The number of quaternary nitrogens is 1. The topological polar surface area (TPSA) is 89.2 Å². The number of fused-ring (bicyclic) bond motifs is 5. The standard InChI is InChI=1S/C17H23N5O2S/c1-10-19-16-14(11-7-17(2,3)24-9-12(11)25-16)15-20-13(21-22(10)15)8-18-5-4-6-23/h18,23H,4-9H2,1-3H3/p+1. The molecule has 134 valence electrons. The number of nitrogens with two attached hydrogens (primary N) is 1. The zero-order valence-electron chi connectivity index (χ0n) is 14.9. The smallest absolute Gasteiger partial charge is 0.206 e. The SMILES string of the molecule is Cc1nc2sc3c(c2c2nc(C[NH2+]CCCO)nn12)CC(C)(C)OC3. The average Bonchev–Trinajstić information content (AvgIpc) is 3.12. The Labute approximate surface area is 150 Å². The van der Waals surface area contributed by atoms with E-state index in [1.165, 1.54) is 10.4 Å². The summed E-state index contributed by atoms with van der Waals surface area (Å²) in [6.45, 7) is 8.68. The summed E-state index contributed by atoms with van der Waals surface area (Å²) in [5, 5.41) is 16.8. The van der Waals surface area contributed by atoms with E-state index < -0.39 is 0 Å². The molecule has 4 rings (SSSR count). The number of hydrogen-bond acceptors (Lipinski definition) is 6. The normalized spacial score (nSPS) is 16.6. The molecule has 0 bridgehead atoms. The van der Waals surface area contributed by atoms with Gasteiger partial charge in [-0.25, -0.2) is 9.97 Å². The number of aromatic nitrogens is 4. The van der Waals surface area contributed by atoms with Crippen molar-refractivity contribution in [2.45, 2.75) is 52.4 Å². The fourth-order valence-electron chi connectivity index (χ4n) is 3.34. The van der Waals surface area contributed by atoms with Crippen molar-refractivity contribution < 1.29 is 15.2 Å². The molecule has 0 amide bonds. The van der Waals surface area contributed by atoms with Gasteiger partial charge in [0, 0.05) is 24.3 Å². The van der Waals surface area contributed by atoms with Crippen LogP contribution >= 0.6 is 11.3 Å². The molecule has 1 aliphatic heterocycles. The fourth-order valence-corrected chi connectivity index (χ4v) is 4.48. The molecule has 0 spiro atoms. The highest BCUT2D eigenvalue weighted by Gasteiger charge is 2.31. The van der Waals surface area contributed by atoms with Crippen LogP contribution in [0.15, 0.2) is 0 Å². The van der Waals surface area contributed by atoms with E-state index in [1.54, 1.807) is 11.3 Å². The van der Waals surface area contributed by atoms with Gasteiger partial charge >= 0.3 is 0 Å². The third kappa shape index (κ3) is 3.03. The van der Waals surface area contributed by atoms with E-state index in [2.05, 4.69) is 24.3 Å². The fraction of sp³-hybridized carbons (Fsp3) is 0.588. The van der Waals surface area contributed by atoms with Gasteiger partial charge in [0.05, 0.1) is 24.1 Å². The Balaban J connectivity index is 1.79. The summed E-state index contributed by atoms with van der Waals surface area (Å²) in [7, 11) is 0. The molecule has 25 heavy (non-hydrogen) atoms. The molecule has 1 aliphatic rings. The van der Waals surface area contributed by atoms with Crippen LogP contribution in [0.25, 0.3) is 15.9 Å². The molecule has 8 heteroatoms. The van der Waals surface area contributed by atoms with Crippen molar-refractivity contribution in [2.24, 2.45) is 0 Å². The quantitative estimate of drug-likeness (QED) is 0.660. The maximum absolute atomic E-state index is 8.89. The maximum atomic E-state index is 8.89. The lowest BCUT2D eigenvalue weighted by molar-refractivity contribution is -0.672. The molecule has 3 N–H and O–H groups in total. The van der Waals surface area contributed by atoms with Crippen molar-refractivity contribution in [2.75, 3.05) is 13.2 Å². The van der Waals surface area contributed by atoms with Crippen LogP contribution in [0, 0.1) is 6.92 Å². The summed E-state index contributed by atoms with van der Waals surface area (Å²) >= 11 is 1.71. The van der Waals surface area contributed by atoms with E-state index in [4.69, 9.17) is 19.8 Å². The van der Waals surface area contributed by atoms with Gasteiger partial charge in [-0.15, -0.1) is 16.4 Å². The van der Waals surface area contributed by atoms with Crippen LogP contribution in [0.2, 0.25) is 0 Å². The van der Waals surface area contributed by atoms with Gasteiger partial charge in [-0.3, -0.25) is 0 Å². The van der Waals surface area contributed by atoms with E-state index in [0.29, 0.717) is 13.2 Å². The van der Waals surface area contributed by atoms with Crippen molar-refractivity contribution >= 4 is 27.2 Å². The second kappa shape index (κ2) is 6.28. The molecule has 7 nitrogen and oxygen atoms in total. The molecule has 0 radical (unpaired) electrons. The van der Waals surface area contributed by atoms with Crippen LogP contribution in [0.5, 0.6) is 0 Å². The molecule has 4 heterocycles.